The molecule has 0 saturated carbocycles. The molecule has 3 aromatic heterocycles. The first-order valence-electron chi connectivity index (χ1n) is 10.4. The third kappa shape index (κ3) is 3.88. The SMILES string of the molecule is CO[C@@H]1CCOC[C@H]1N(Cc1ccc(Br)cn1)C(=O)c1cc2nc(N)c3c(c2[nH]1)COC3. The molecular weight excluding hydrogens is 478 g/mol. The molecule has 0 radical (unpaired) electrons. The summed E-state index contributed by atoms with van der Waals surface area (Å²) in [6, 6.07) is 5.31. The monoisotopic (exact) mass is 501 g/mol. The minimum atomic E-state index is -0.245. The topological polar surface area (TPSA) is 116 Å². The molecular formula is C22H24BrN5O4. The first-order valence-corrected chi connectivity index (χ1v) is 11.2. The summed E-state index contributed by atoms with van der Waals surface area (Å²) in [5.74, 6) is 0.274. The van der Waals surface area contributed by atoms with E-state index in [1.807, 2.05) is 12.1 Å². The van der Waals surface area contributed by atoms with Gasteiger partial charge in [0, 0.05) is 35.5 Å². The van der Waals surface area contributed by atoms with Gasteiger partial charge in [-0.1, -0.05) is 0 Å². The largest absolute Gasteiger partial charge is 0.383 e. The number of hydrogen-bond donors (Lipinski definition) is 2. The number of carbonyl (C=O) groups is 1. The van der Waals surface area contributed by atoms with Crippen LogP contribution >= 0.6 is 15.9 Å². The van der Waals surface area contributed by atoms with Gasteiger partial charge in [-0.2, -0.15) is 0 Å². The van der Waals surface area contributed by atoms with Gasteiger partial charge in [-0.25, -0.2) is 4.98 Å². The van der Waals surface area contributed by atoms with E-state index >= 15 is 0 Å². The van der Waals surface area contributed by atoms with Gasteiger partial charge in [0.25, 0.3) is 5.91 Å². The zero-order chi connectivity index (χ0) is 22.2. The number of pyridine rings is 2. The van der Waals surface area contributed by atoms with Crippen LogP contribution in [0.1, 0.15) is 33.7 Å². The molecule has 168 valence electrons. The van der Waals surface area contributed by atoms with Crippen LogP contribution in [0.3, 0.4) is 0 Å². The molecule has 32 heavy (non-hydrogen) atoms. The van der Waals surface area contributed by atoms with Crippen LogP contribution in [0.2, 0.25) is 0 Å². The number of aromatic nitrogens is 3. The lowest BCUT2D eigenvalue weighted by Crippen LogP contribution is -2.52. The quantitative estimate of drug-likeness (QED) is 0.551. The molecule has 0 aliphatic carbocycles. The number of anilines is 1. The van der Waals surface area contributed by atoms with Gasteiger partial charge in [0.2, 0.25) is 0 Å². The summed E-state index contributed by atoms with van der Waals surface area (Å²) in [5, 5.41) is 0. The number of rotatable bonds is 5. The van der Waals surface area contributed by atoms with Gasteiger partial charge in [-0.3, -0.25) is 9.78 Å². The Morgan fingerprint density at radius 2 is 2.19 bits per heavy atom. The Morgan fingerprint density at radius 3 is 2.97 bits per heavy atom. The molecule has 0 aromatic carbocycles. The maximum absolute atomic E-state index is 13.8. The molecule has 9 nitrogen and oxygen atoms in total. The lowest BCUT2D eigenvalue weighted by molar-refractivity contribution is -0.0716. The lowest BCUT2D eigenvalue weighted by Gasteiger charge is -2.38. The van der Waals surface area contributed by atoms with Crippen LogP contribution in [0.4, 0.5) is 5.82 Å². The molecule has 2 aliphatic rings. The smallest absolute Gasteiger partial charge is 0.271 e. The molecule has 10 heteroatoms. The van der Waals surface area contributed by atoms with Gasteiger partial charge in [-0.15, -0.1) is 0 Å². The third-order valence-corrected chi connectivity index (χ3v) is 6.55. The van der Waals surface area contributed by atoms with Gasteiger partial charge < -0.3 is 29.8 Å². The number of ether oxygens (including phenoxy) is 3. The second-order valence-corrected chi connectivity index (χ2v) is 8.91. The number of carbonyl (C=O) groups excluding carboxylic acids is 1. The van der Waals surface area contributed by atoms with Crippen molar-refractivity contribution in [2.45, 2.75) is 38.3 Å². The van der Waals surface area contributed by atoms with Crippen LogP contribution in [0.5, 0.6) is 0 Å². The highest BCUT2D eigenvalue weighted by atomic mass is 79.9. The van der Waals surface area contributed by atoms with Crippen molar-refractivity contribution in [3.8, 4) is 0 Å². The van der Waals surface area contributed by atoms with Crippen LogP contribution in [-0.2, 0) is 34.0 Å². The Labute approximate surface area is 193 Å². The summed E-state index contributed by atoms with van der Waals surface area (Å²) >= 11 is 3.41. The van der Waals surface area contributed by atoms with E-state index in [1.54, 1.807) is 24.3 Å². The molecule has 1 fully saturated rings. The van der Waals surface area contributed by atoms with Crippen molar-refractivity contribution in [2.24, 2.45) is 0 Å². The first kappa shape index (κ1) is 21.3. The van der Waals surface area contributed by atoms with E-state index in [-0.39, 0.29) is 18.1 Å². The number of nitrogen functional groups attached to an aromatic ring is 1. The zero-order valence-corrected chi connectivity index (χ0v) is 19.2. The summed E-state index contributed by atoms with van der Waals surface area (Å²) < 4.78 is 17.9. The van der Waals surface area contributed by atoms with Crippen LogP contribution in [0.15, 0.2) is 28.9 Å². The number of nitrogens with two attached hydrogens (primary N) is 1. The zero-order valence-electron chi connectivity index (χ0n) is 17.6. The van der Waals surface area contributed by atoms with Crippen molar-refractivity contribution in [3.63, 3.8) is 0 Å². The second kappa shape index (κ2) is 8.78. The number of aromatic amines is 1. The average Bonchev–Trinajstić information content (AvgIpc) is 3.46. The van der Waals surface area contributed by atoms with Gasteiger partial charge in [0.1, 0.15) is 11.5 Å². The van der Waals surface area contributed by atoms with Gasteiger partial charge >= 0.3 is 0 Å². The molecule has 0 unspecified atom stereocenters. The van der Waals surface area contributed by atoms with E-state index < -0.39 is 0 Å². The number of fused-ring (bicyclic) bond motifs is 3. The van der Waals surface area contributed by atoms with E-state index in [0.717, 1.165) is 26.8 Å². The fraction of sp³-hybridized carbons (Fsp3) is 0.409. The van der Waals surface area contributed by atoms with E-state index in [0.29, 0.717) is 56.4 Å². The van der Waals surface area contributed by atoms with E-state index in [4.69, 9.17) is 19.9 Å². The molecule has 5 heterocycles. The van der Waals surface area contributed by atoms with Crippen molar-refractivity contribution < 1.29 is 19.0 Å². The molecule has 2 aliphatic heterocycles. The fourth-order valence-corrected chi connectivity index (χ4v) is 4.63. The van der Waals surface area contributed by atoms with Crippen molar-refractivity contribution in [1.82, 2.24) is 19.9 Å². The number of hydrogen-bond acceptors (Lipinski definition) is 7. The Bertz CT molecular complexity index is 1150. The summed E-state index contributed by atoms with van der Waals surface area (Å²) in [6.07, 6.45) is 2.31. The van der Waals surface area contributed by atoms with Crippen molar-refractivity contribution >= 4 is 38.7 Å². The minimum absolute atomic E-state index is 0.126. The van der Waals surface area contributed by atoms with E-state index in [2.05, 4.69) is 30.9 Å². The van der Waals surface area contributed by atoms with Crippen LogP contribution in [0, 0.1) is 0 Å². The fourth-order valence-electron chi connectivity index (χ4n) is 4.39. The van der Waals surface area contributed by atoms with Crippen molar-refractivity contribution in [1.29, 1.82) is 0 Å². The van der Waals surface area contributed by atoms with Gasteiger partial charge in [0.15, 0.2) is 0 Å². The lowest BCUT2D eigenvalue weighted by atomic mass is 10.0. The second-order valence-electron chi connectivity index (χ2n) is 8.00. The molecule has 2 atom stereocenters. The van der Waals surface area contributed by atoms with Gasteiger partial charge in [0.05, 0.1) is 55.2 Å². The molecule has 3 N–H and O–H groups in total. The Balaban J connectivity index is 1.53. The number of nitrogens with zero attached hydrogens (tertiary/aromatic N) is 3. The van der Waals surface area contributed by atoms with Crippen molar-refractivity contribution in [2.75, 3.05) is 26.1 Å². The van der Waals surface area contributed by atoms with E-state index in [1.165, 1.54) is 0 Å². The highest BCUT2D eigenvalue weighted by Crippen LogP contribution is 2.32. The molecule has 3 aromatic rings. The van der Waals surface area contributed by atoms with Gasteiger partial charge in [-0.05, 0) is 40.5 Å². The predicted molar refractivity (Wildman–Crippen MR) is 121 cm³/mol. The molecule has 1 saturated heterocycles. The maximum atomic E-state index is 13.8. The number of H-pyrrole nitrogens is 1. The third-order valence-electron chi connectivity index (χ3n) is 6.09. The number of nitrogens with one attached hydrogen (secondary N) is 1. The molecule has 0 bridgehead atoms. The summed E-state index contributed by atoms with van der Waals surface area (Å²) in [4.78, 5) is 27.8. The van der Waals surface area contributed by atoms with Crippen LogP contribution in [0.25, 0.3) is 11.0 Å². The Morgan fingerprint density at radius 1 is 1.34 bits per heavy atom. The normalized spacial score (nSPS) is 20.4. The standard InChI is InChI=1S/C22H24BrN5O4/c1-30-19-4-5-31-11-18(19)28(8-13-3-2-12(23)7-25-13)22(29)17-6-16-20(26-17)14-9-32-10-15(14)21(24)27-16/h2-3,6-7,18-19,26H,4-5,8-11H2,1H3,(H2,24,27)/t18-,19-/m1/s1. The average molecular weight is 502 g/mol. The van der Waals surface area contributed by atoms with Crippen LogP contribution in [-0.4, -0.2) is 58.2 Å². The molecule has 0 spiro atoms. The number of amides is 1. The maximum Gasteiger partial charge on any atom is 0.271 e. The molecule has 1 amide bonds. The number of methoxy groups -OCH3 is 1. The van der Waals surface area contributed by atoms with Crippen LogP contribution < -0.4 is 5.73 Å². The minimum Gasteiger partial charge on any atom is -0.383 e. The highest BCUT2D eigenvalue weighted by molar-refractivity contribution is 9.10. The first-order chi connectivity index (χ1) is 15.5. The van der Waals surface area contributed by atoms with Crippen molar-refractivity contribution in [3.05, 3.63) is 51.4 Å². The Hall–Kier alpha value is -2.53. The summed E-state index contributed by atoms with van der Waals surface area (Å²) in [5.41, 5.74) is 10.6. The number of halogens is 1. The van der Waals surface area contributed by atoms with E-state index in [9.17, 15) is 4.79 Å². The highest BCUT2D eigenvalue weighted by Gasteiger charge is 2.35. The molecule has 5 rings (SSSR count). The predicted octanol–water partition coefficient (Wildman–Crippen LogP) is 2.78. The summed E-state index contributed by atoms with van der Waals surface area (Å²) in [6.45, 7) is 2.21. The summed E-state index contributed by atoms with van der Waals surface area (Å²) in [7, 11) is 1.67. The Kier molecular flexibility index (Phi) is 5.85.